The number of hydrogen-bond acceptors (Lipinski definition) is 2. The van der Waals surface area contributed by atoms with E-state index in [0.717, 1.165) is 23.4 Å². The third-order valence-electron chi connectivity index (χ3n) is 3.93. The number of rotatable bonds is 2. The van der Waals surface area contributed by atoms with Crippen LogP contribution in [0.1, 0.15) is 38.5 Å². The van der Waals surface area contributed by atoms with Crippen molar-refractivity contribution in [2.24, 2.45) is 0 Å². The Hall–Kier alpha value is -1.61. The summed E-state index contributed by atoms with van der Waals surface area (Å²) in [5.74, 6) is 0.105. The third-order valence-corrected chi connectivity index (χ3v) is 5.16. The number of nitrogens with zero attached hydrogens (tertiary/aromatic N) is 1. The predicted molar refractivity (Wildman–Crippen MR) is 84.9 cm³/mol. The van der Waals surface area contributed by atoms with Gasteiger partial charge in [0, 0.05) is 17.6 Å². The standard InChI is InChI=1S/C17H19NOS/c1-12-7-9-14(10-8-12)18(2)17(19)16-11-13-5-3-4-6-15(13)20-16/h7-11H,3-6H2,1-2H3. The number of aryl methyl sites for hydroxylation is 3. The van der Waals surface area contributed by atoms with Crippen LogP contribution in [0.3, 0.4) is 0 Å². The minimum absolute atomic E-state index is 0.105. The van der Waals surface area contributed by atoms with Gasteiger partial charge in [-0.25, -0.2) is 0 Å². The van der Waals surface area contributed by atoms with E-state index in [9.17, 15) is 4.79 Å². The lowest BCUT2D eigenvalue weighted by Gasteiger charge is -2.16. The minimum Gasteiger partial charge on any atom is -0.311 e. The van der Waals surface area contributed by atoms with Crippen LogP contribution in [0.15, 0.2) is 30.3 Å². The zero-order valence-corrected chi connectivity index (χ0v) is 12.8. The van der Waals surface area contributed by atoms with E-state index < -0.39 is 0 Å². The van der Waals surface area contributed by atoms with E-state index in [1.165, 1.54) is 28.8 Å². The second kappa shape index (κ2) is 5.41. The molecule has 0 radical (unpaired) electrons. The first-order valence-corrected chi connectivity index (χ1v) is 7.93. The zero-order valence-electron chi connectivity index (χ0n) is 12.0. The van der Waals surface area contributed by atoms with Crippen molar-refractivity contribution in [3.05, 3.63) is 51.2 Å². The summed E-state index contributed by atoms with van der Waals surface area (Å²) in [6, 6.07) is 10.2. The first kappa shape index (κ1) is 13.4. The van der Waals surface area contributed by atoms with Crippen LogP contribution in [0.25, 0.3) is 0 Å². The van der Waals surface area contributed by atoms with Crippen molar-refractivity contribution in [3.8, 4) is 0 Å². The minimum atomic E-state index is 0.105. The van der Waals surface area contributed by atoms with Gasteiger partial charge in [-0.15, -0.1) is 11.3 Å². The van der Waals surface area contributed by atoms with Gasteiger partial charge >= 0.3 is 0 Å². The highest BCUT2D eigenvalue weighted by Gasteiger charge is 2.20. The molecule has 1 aliphatic rings. The highest BCUT2D eigenvalue weighted by Crippen LogP contribution is 2.31. The van der Waals surface area contributed by atoms with Crippen molar-refractivity contribution < 1.29 is 4.79 Å². The Bertz CT molecular complexity index is 603. The van der Waals surface area contributed by atoms with Crippen molar-refractivity contribution in [2.45, 2.75) is 32.6 Å². The maximum absolute atomic E-state index is 12.6. The van der Waals surface area contributed by atoms with Crippen molar-refractivity contribution >= 4 is 22.9 Å². The molecule has 3 heteroatoms. The Morgan fingerprint density at radius 2 is 1.85 bits per heavy atom. The Morgan fingerprint density at radius 3 is 2.55 bits per heavy atom. The van der Waals surface area contributed by atoms with E-state index in [1.54, 1.807) is 16.2 Å². The van der Waals surface area contributed by atoms with Gasteiger partial charge in [-0.2, -0.15) is 0 Å². The van der Waals surface area contributed by atoms with E-state index >= 15 is 0 Å². The number of amides is 1. The van der Waals surface area contributed by atoms with E-state index in [0.29, 0.717) is 0 Å². The van der Waals surface area contributed by atoms with Crippen molar-refractivity contribution in [2.75, 3.05) is 11.9 Å². The van der Waals surface area contributed by atoms with Gasteiger partial charge in [-0.05, 0) is 56.4 Å². The summed E-state index contributed by atoms with van der Waals surface area (Å²) in [6.07, 6.45) is 4.79. The number of anilines is 1. The SMILES string of the molecule is Cc1ccc(N(C)C(=O)c2cc3c(s2)CCCC3)cc1. The molecule has 1 aromatic heterocycles. The van der Waals surface area contributed by atoms with E-state index in [-0.39, 0.29) is 5.91 Å². The molecule has 0 atom stereocenters. The zero-order chi connectivity index (χ0) is 14.1. The quantitative estimate of drug-likeness (QED) is 0.809. The Kier molecular flexibility index (Phi) is 3.62. The summed E-state index contributed by atoms with van der Waals surface area (Å²) in [5.41, 5.74) is 3.55. The maximum atomic E-state index is 12.6. The average molecular weight is 285 g/mol. The number of thiophene rings is 1. The first-order chi connectivity index (χ1) is 9.65. The van der Waals surface area contributed by atoms with Crippen LogP contribution < -0.4 is 4.90 Å². The molecule has 3 rings (SSSR count). The molecule has 1 aromatic carbocycles. The summed E-state index contributed by atoms with van der Waals surface area (Å²) in [5, 5.41) is 0. The Labute approximate surface area is 124 Å². The van der Waals surface area contributed by atoms with E-state index in [1.807, 2.05) is 31.3 Å². The fourth-order valence-electron chi connectivity index (χ4n) is 2.65. The maximum Gasteiger partial charge on any atom is 0.268 e. The molecule has 1 heterocycles. The molecule has 0 aliphatic heterocycles. The van der Waals surface area contributed by atoms with Gasteiger partial charge in [0.25, 0.3) is 5.91 Å². The van der Waals surface area contributed by atoms with Crippen LogP contribution in [0.5, 0.6) is 0 Å². The lowest BCUT2D eigenvalue weighted by molar-refractivity contribution is 0.0997. The van der Waals surface area contributed by atoms with Crippen LogP contribution in [0, 0.1) is 6.92 Å². The molecular formula is C17H19NOS. The molecule has 2 aromatic rings. The normalized spacial score (nSPS) is 13.9. The van der Waals surface area contributed by atoms with Gasteiger partial charge in [0.15, 0.2) is 0 Å². The van der Waals surface area contributed by atoms with Crippen molar-refractivity contribution in [3.63, 3.8) is 0 Å². The summed E-state index contributed by atoms with van der Waals surface area (Å²) < 4.78 is 0. The second-order valence-electron chi connectivity index (χ2n) is 5.47. The first-order valence-electron chi connectivity index (χ1n) is 7.11. The lowest BCUT2D eigenvalue weighted by Crippen LogP contribution is -2.25. The topological polar surface area (TPSA) is 20.3 Å². The summed E-state index contributed by atoms with van der Waals surface area (Å²) >= 11 is 1.68. The molecule has 2 nitrogen and oxygen atoms in total. The van der Waals surface area contributed by atoms with E-state index in [4.69, 9.17) is 0 Å². The van der Waals surface area contributed by atoms with Crippen LogP contribution in [0.4, 0.5) is 5.69 Å². The molecule has 0 fully saturated rings. The monoisotopic (exact) mass is 285 g/mol. The lowest BCUT2D eigenvalue weighted by atomic mass is 9.99. The largest absolute Gasteiger partial charge is 0.311 e. The Balaban J connectivity index is 1.84. The highest BCUT2D eigenvalue weighted by atomic mass is 32.1. The molecular weight excluding hydrogens is 266 g/mol. The fourth-order valence-corrected chi connectivity index (χ4v) is 3.88. The molecule has 1 amide bonds. The van der Waals surface area contributed by atoms with Crippen LogP contribution in [-0.4, -0.2) is 13.0 Å². The van der Waals surface area contributed by atoms with Crippen LogP contribution in [0.2, 0.25) is 0 Å². The summed E-state index contributed by atoms with van der Waals surface area (Å²) in [4.78, 5) is 16.6. The second-order valence-corrected chi connectivity index (χ2v) is 6.60. The number of carbonyl (C=O) groups is 1. The number of hydrogen-bond donors (Lipinski definition) is 0. The van der Waals surface area contributed by atoms with Gasteiger partial charge in [-0.1, -0.05) is 17.7 Å². The molecule has 0 saturated heterocycles. The Morgan fingerprint density at radius 1 is 1.15 bits per heavy atom. The molecule has 1 aliphatic carbocycles. The van der Waals surface area contributed by atoms with Crippen molar-refractivity contribution in [1.82, 2.24) is 0 Å². The van der Waals surface area contributed by atoms with Gasteiger partial charge in [0.2, 0.25) is 0 Å². The van der Waals surface area contributed by atoms with Gasteiger partial charge < -0.3 is 4.90 Å². The predicted octanol–water partition coefficient (Wildman–Crippen LogP) is 4.21. The van der Waals surface area contributed by atoms with Crippen molar-refractivity contribution in [1.29, 1.82) is 0 Å². The smallest absolute Gasteiger partial charge is 0.268 e. The van der Waals surface area contributed by atoms with Gasteiger partial charge in [0.1, 0.15) is 0 Å². The molecule has 0 bridgehead atoms. The number of carbonyl (C=O) groups excluding carboxylic acids is 1. The van der Waals surface area contributed by atoms with Crippen LogP contribution in [-0.2, 0) is 12.8 Å². The third kappa shape index (κ3) is 2.50. The fraction of sp³-hybridized carbons (Fsp3) is 0.353. The molecule has 0 unspecified atom stereocenters. The number of benzene rings is 1. The molecule has 0 spiro atoms. The molecule has 104 valence electrons. The van der Waals surface area contributed by atoms with Crippen LogP contribution >= 0.6 is 11.3 Å². The summed E-state index contributed by atoms with van der Waals surface area (Å²) in [7, 11) is 1.85. The van der Waals surface area contributed by atoms with Gasteiger partial charge in [-0.3, -0.25) is 4.79 Å². The molecule has 0 saturated carbocycles. The molecule has 20 heavy (non-hydrogen) atoms. The van der Waals surface area contributed by atoms with Gasteiger partial charge in [0.05, 0.1) is 4.88 Å². The van der Waals surface area contributed by atoms with E-state index in [2.05, 4.69) is 13.0 Å². The summed E-state index contributed by atoms with van der Waals surface area (Å²) in [6.45, 7) is 2.05. The highest BCUT2D eigenvalue weighted by molar-refractivity contribution is 7.14. The average Bonchev–Trinajstić information content (AvgIpc) is 2.90. The number of fused-ring (bicyclic) bond motifs is 1. The molecule has 0 N–H and O–H groups in total.